The monoisotopic (exact) mass is 190 g/mol. The van der Waals surface area contributed by atoms with E-state index in [1.54, 1.807) is 0 Å². The molecular formula is C5H9N3O3P+. The summed E-state index contributed by atoms with van der Waals surface area (Å²) >= 11 is 0. The van der Waals surface area contributed by atoms with Gasteiger partial charge < -0.3 is 0 Å². The molecular weight excluding hydrogens is 181 g/mol. The average Bonchev–Trinajstić information content (AvgIpc) is 2.39. The summed E-state index contributed by atoms with van der Waals surface area (Å²) in [5, 5.41) is 6.34. The minimum Gasteiger partial charge on any atom is -0.260 e. The Kier molecular flexibility index (Phi) is 6.00. The molecule has 0 radical (unpaired) electrons. The molecule has 1 rings (SSSR count). The second-order valence-electron chi connectivity index (χ2n) is 1.62. The number of nitrogens with zero attached hydrogens (tertiary/aromatic N) is 2. The molecule has 1 aromatic rings. The lowest BCUT2D eigenvalue weighted by Crippen LogP contribution is -1.71. The molecule has 0 fully saturated rings. The van der Waals surface area contributed by atoms with E-state index in [1.807, 2.05) is 19.1 Å². The first kappa shape index (κ1) is 10.9. The summed E-state index contributed by atoms with van der Waals surface area (Å²) in [6, 6.07) is 0. The molecule has 0 amide bonds. The molecule has 0 aliphatic rings. The van der Waals surface area contributed by atoms with Crippen molar-refractivity contribution in [1.29, 1.82) is 0 Å². The Balaban J connectivity index is 0.000000261. The van der Waals surface area contributed by atoms with E-state index in [4.69, 9.17) is 14.4 Å². The van der Waals surface area contributed by atoms with Crippen LogP contribution >= 0.6 is 8.25 Å². The van der Waals surface area contributed by atoms with Crippen molar-refractivity contribution in [3.05, 3.63) is 18.2 Å². The van der Waals surface area contributed by atoms with Gasteiger partial charge in [0, 0.05) is 4.57 Å². The zero-order chi connectivity index (χ0) is 9.40. The van der Waals surface area contributed by atoms with Gasteiger partial charge in [-0.1, -0.05) is 6.08 Å². The Labute approximate surface area is 69.9 Å². The van der Waals surface area contributed by atoms with Crippen LogP contribution in [0, 0.1) is 0 Å². The summed E-state index contributed by atoms with van der Waals surface area (Å²) < 4.78 is 8.70. The summed E-state index contributed by atoms with van der Waals surface area (Å²) in [6.07, 6.45) is 5.24. The fourth-order valence-corrected chi connectivity index (χ4v) is 0.453. The lowest BCUT2D eigenvalue weighted by atomic mass is 10.5. The maximum absolute atomic E-state index is 8.70. The Morgan fingerprint density at radius 2 is 2.25 bits per heavy atom. The molecule has 0 saturated heterocycles. The second-order valence-corrected chi connectivity index (χ2v) is 2.13. The van der Waals surface area contributed by atoms with Gasteiger partial charge in [0.15, 0.2) is 0 Å². The molecule has 0 atom stereocenters. The van der Waals surface area contributed by atoms with Gasteiger partial charge in [0.25, 0.3) is 0 Å². The van der Waals surface area contributed by atoms with Crippen LogP contribution in [0.3, 0.4) is 0 Å². The molecule has 12 heavy (non-hydrogen) atoms. The Hall–Kier alpha value is -1.10. The van der Waals surface area contributed by atoms with Gasteiger partial charge in [-0.3, -0.25) is 5.10 Å². The summed E-state index contributed by atoms with van der Waals surface area (Å²) in [5.41, 5.74) is 0. The maximum Gasteiger partial charge on any atom is 0.692 e. The molecule has 0 aliphatic carbocycles. The minimum atomic E-state index is -2.87. The summed E-state index contributed by atoms with van der Waals surface area (Å²) in [6.45, 7) is 1.93. The maximum atomic E-state index is 8.70. The minimum absolute atomic E-state index is 0.799. The van der Waals surface area contributed by atoms with E-state index >= 15 is 0 Å². The molecule has 1 aromatic heterocycles. The molecule has 0 bridgehead atoms. The quantitative estimate of drug-likeness (QED) is 0.559. The number of H-pyrrole nitrogens is 1. The topological polar surface area (TPSA) is 99.1 Å². The first-order valence-electron chi connectivity index (χ1n) is 3.00. The number of aromatic nitrogens is 3. The van der Waals surface area contributed by atoms with Crippen LogP contribution in [0.5, 0.6) is 0 Å². The highest BCUT2D eigenvalue weighted by Gasteiger charge is 1.93. The first-order chi connectivity index (χ1) is 5.66. The zero-order valence-corrected chi connectivity index (χ0v) is 7.27. The van der Waals surface area contributed by atoms with Gasteiger partial charge in [-0.25, -0.2) is 4.98 Å². The third kappa shape index (κ3) is 7.01. The SMILES string of the molecule is CC=Cc1ncn[nH]1.O=[P+](O)O. The number of hydrogen-bond acceptors (Lipinski definition) is 3. The molecule has 6 nitrogen and oxygen atoms in total. The molecule has 0 saturated carbocycles. The lowest BCUT2D eigenvalue weighted by Gasteiger charge is -1.74. The van der Waals surface area contributed by atoms with Crippen LogP contribution in [-0.2, 0) is 4.57 Å². The van der Waals surface area contributed by atoms with Crippen molar-refractivity contribution in [3.8, 4) is 0 Å². The number of nitrogens with one attached hydrogen (secondary N) is 1. The Morgan fingerprint density at radius 3 is 2.58 bits per heavy atom. The molecule has 0 aromatic carbocycles. The zero-order valence-electron chi connectivity index (χ0n) is 6.38. The average molecular weight is 190 g/mol. The van der Waals surface area contributed by atoms with Crippen LogP contribution in [0.4, 0.5) is 0 Å². The van der Waals surface area contributed by atoms with E-state index in [2.05, 4.69) is 15.2 Å². The molecule has 1 heterocycles. The molecule has 7 heteroatoms. The van der Waals surface area contributed by atoms with E-state index in [9.17, 15) is 0 Å². The third-order valence-electron chi connectivity index (χ3n) is 0.758. The largest absolute Gasteiger partial charge is 0.692 e. The normalized spacial score (nSPS) is 9.25. The highest BCUT2D eigenvalue weighted by molar-refractivity contribution is 7.30. The van der Waals surface area contributed by atoms with E-state index in [-0.39, 0.29) is 0 Å². The van der Waals surface area contributed by atoms with Crippen molar-refractivity contribution in [1.82, 2.24) is 15.2 Å². The molecule has 3 N–H and O–H groups in total. The standard InChI is InChI=1S/C5H7N3.HO3P/c1-2-3-5-6-4-7-8-5;1-4(2)3/h2-4H,1H3,(H,6,7,8);(H-,1,2,3)/p+1. The lowest BCUT2D eigenvalue weighted by molar-refractivity contribution is 0.405. The van der Waals surface area contributed by atoms with Gasteiger partial charge in [-0.05, 0) is 13.0 Å². The van der Waals surface area contributed by atoms with E-state index in [0.29, 0.717) is 0 Å². The van der Waals surface area contributed by atoms with E-state index < -0.39 is 8.25 Å². The summed E-state index contributed by atoms with van der Waals surface area (Å²) in [5.74, 6) is 0.799. The summed E-state index contributed by atoms with van der Waals surface area (Å²) in [4.78, 5) is 18.1. The van der Waals surface area contributed by atoms with Crippen molar-refractivity contribution in [2.24, 2.45) is 0 Å². The van der Waals surface area contributed by atoms with Crippen molar-refractivity contribution < 1.29 is 14.4 Å². The van der Waals surface area contributed by atoms with Crippen molar-refractivity contribution >= 4 is 14.3 Å². The van der Waals surface area contributed by atoms with Gasteiger partial charge in [0.05, 0.1) is 0 Å². The predicted octanol–water partition coefficient (Wildman–Crippen LogP) is 0.466. The van der Waals surface area contributed by atoms with E-state index in [0.717, 1.165) is 5.82 Å². The molecule has 66 valence electrons. The highest BCUT2D eigenvalue weighted by Crippen LogP contribution is 1.98. The number of aromatic amines is 1. The summed E-state index contributed by atoms with van der Waals surface area (Å²) in [7, 11) is -2.87. The smallest absolute Gasteiger partial charge is 0.260 e. The van der Waals surface area contributed by atoms with Gasteiger partial charge >= 0.3 is 8.25 Å². The third-order valence-corrected chi connectivity index (χ3v) is 0.758. The van der Waals surface area contributed by atoms with Gasteiger partial charge in [0.1, 0.15) is 12.2 Å². The van der Waals surface area contributed by atoms with Crippen LogP contribution in [0.1, 0.15) is 12.7 Å². The second kappa shape index (κ2) is 6.60. The van der Waals surface area contributed by atoms with Crippen LogP contribution in [0.15, 0.2) is 12.4 Å². The van der Waals surface area contributed by atoms with Crippen molar-refractivity contribution in [2.45, 2.75) is 6.92 Å². The number of hydrogen-bond donors (Lipinski definition) is 3. The molecule has 0 aliphatic heterocycles. The van der Waals surface area contributed by atoms with Gasteiger partial charge in [-0.15, -0.1) is 9.79 Å². The van der Waals surface area contributed by atoms with Crippen molar-refractivity contribution in [2.75, 3.05) is 0 Å². The van der Waals surface area contributed by atoms with E-state index in [1.165, 1.54) is 6.33 Å². The highest BCUT2D eigenvalue weighted by atomic mass is 31.1. The van der Waals surface area contributed by atoms with Crippen LogP contribution in [-0.4, -0.2) is 25.0 Å². The van der Waals surface area contributed by atoms with Crippen LogP contribution in [0.25, 0.3) is 6.08 Å². The fraction of sp³-hybridized carbons (Fsp3) is 0.200. The molecule has 0 spiro atoms. The predicted molar refractivity (Wildman–Crippen MR) is 43.1 cm³/mol. The Bertz CT molecular complexity index is 242. The van der Waals surface area contributed by atoms with Crippen LogP contribution in [0.2, 0.25) is 0 Å². The number of rotatable bonds is 1. The Morgan fingerprint density at radius 1 is 1.67 bits per heavy atom. The van der Waals surface area contributed by atoms with Gasteiger partial charge in [-0.2, -0.15) is 5.10 Å². The first-order valence-corrected chi connectivity index (χ1v) is 4.16. The molecule has 0 unspecified atom stereocenters. The van der Waals surface area contributed by atoms with Gasteiger partial charge in [0.2, 0.25) is 0 Å². The number of allylic oxidation sites excluding steroid dienone is 1. The van der Waals surface area contributed by atoms with Crippen molar-refractivity contribution in [3.63, 3.8) is 0 Å². The fourth-order valence-electron chi connectivity index (χ4n) is 0.453. The van der Waals surface area contributed by atoms with Crippen LogP contribution < -0.4 is 0 Å².